The Labute approximate surface area is 848 Å². The van der Waals surface area contributed by atoms with Crippen LogP contribution in [0.1, 0.15) is 144 Å². The van der Waals surface area contributed by atoms with Crippen LogP contribution in [0.25, 0.3) is 0 Å². The Morgan fingerprint density at radius 3 is 0.897 bits per heavy atom. The first-order valence-corrected chi connectivity index (χ1v) is 48.7. The lowest BCUT2D eigenvalue weighted by Gasteiger charge is -2.41. The minimum atomic E-state index is -4.59. The van der Waals surface area contributed by atoms with E-state index in [1.165, 1.54) is 49.9 Å². The minimum absolute atomic E-state index is 0.0271. The molecule has 3 saturated carbocycles. The van der Waals surface area contributed by atoms with Gasteiger partial charge in [-0.3, -0.25) is 9.59 Å². The van der Waals surface area contributed by atoms with Crippen molar-refractivity contribution >= 4 is 129 Å². The number of urea groups is 1. The molecule has 18 rings (SSSR count). The molecule has 0 unspecified atom stereocenters. The number of piperidine rings is 3. The number of aliphatic imine (C=N–C) groups is 3. The van der Waals surface area contributed by atoms with Gasteiger partial charge >= 0.3 is 48.6 Å². The Morgan fingerprint density at radius 1 is 0.363 bits per heavy atom. The fraction of sp³-hybridized carbons (Fsp3) is 0.438. The second kappa shape index (κ2) is 48.0. The predicted molar refractivity (Wildman–Crippen MR) is 527 cm³/mol. The topological polar surface area (TPSA) is 453 Å². The van der Waals surface area contributed by atoms with Crippen LogP contribution in [-0.4, -0.2) is 287 Å². The van der Waals surface area contributed by atoms with Crippen molar-refractivity contribution in [3.63, 3.8) is 0 Å². The van der Waals surface area contributed by atoms with Gasteiger partial charge in [0, 0.05) is 161 Å². The van der Waals surface area contributed by atoms with Crippen molar-refractivity contribution in [3.05, 3.63) is 194 Å². The number of anilines is 9. The van der Waals surface area contributed by atoms with Crippen LogP contribution in [-0.2, 0) is 16.6 Å². The Morgan fingerprint density at radius 2 is 0.623 bits per heavy atom. The Balaban J connectivity index is 0.000000155. The van der Waals surface area contributed by atoms with Gasteiger partial charge in [0.1, 0.15) is 0 Å². The fourth-order valence-corrected chi connectivity index (χ4v) is 17.6. The summed E-state index contributed by atoms with van der Waals surface area (Å²) in [5, 5.41) is 50.6. The molecule has 50 heteroatoms. The van der Waals surface area contributed by atoms with Crippen molar-refractivity contribution in [2.45, 2.75) is 131 Å². The number of amides is 4. The molecule has 0 spiro atoms. The summed E-state index contributed by atoms with van der Waals surface area (Å²) in [4.78, 5) is 115. The number of nitrogens with one attached hydrogen (secondary N) is 7. The summed E-state index contributed by atoms with van der Waals surface area (Å²) in [6, 6.07) is 38.5. The molecule has 0 bridgehead atoms. The number of carbonyl (C=O) groups excluding carboxylic acids is 3. The molecule has 146 heavy (non-hydrogen) atoms. The molecule has 4 amide bonds. The van der Waals surface area contributed by atoms with Crippen LogP contribution in [0.15, 0.2) is 161 Å². The zero-order chi connectivity index (χ0) is 103. The van der Waals surface area contributed by atoms with Gasteiger partial charge < -0.3 is 101 Å². The molecule has 9 aliphatic rings. The van der Waals surface area contributed by atoms with E-state index in [4.69, 9.17) is 65.1 Å². The minimum Gasteiger partial charge on any atom is -0.478 e. The molecule has 6 aromatic carbocycles. The number of alkyl halides is 9. The van der Waals surface area contributed by atoms with Crippen LogP contribution in [0.2, 0.25) is 15.1 Å². The fourth-order valence-electron chi connectivity index (χ4n) is 17.2. The van der Waals surface area contributed by atoms with E-state index in [2.05, 4.69) is 122 Å². The highest BCUT2D eigenvalue weighted by Crippen LogP contribution is 2.51. The largest absolute Gasteiger partial charge is 0.478 e. The maximum atomic E-state index is 13.4. The summed E-state index contributed by atoms with van der Waals surface area (Å²) in [6.07, 6.45) is 4.92. The lowest BCUT2D eigenvalue weighted by molar-refractivity contribution is -0.155. The first-order chi connectivity index (χ1) is 70.1. The summed E-state index contributed by atoms with van der Waals surface area (Å²) in [6.45, 7) is 8.59. The highest BCUT2D eigenvalue weighted by atomic mass is 35.5. The van der Waals surface area contributed by atoms with E-state index in [1.807, 2.05) is 53.7 Å². The molecule has 0 atom stereocenters. The third kappa shape index (κ3) is 30.3. The van der Waals surface area contributed by atoms with Crippen molar-refractivity contribution in [3.8, 4) is 30.4 Å². The zero-order valence-electron chi connectivity index (χ0n) is 79.1. The lowest BCUT2D eigenvalue weighted by atomic mass is 10.1. The Bertz CT molecular complexity index is 6130. The molecule has 0 radical (unpaired) electrons. The molecular weight excluding hydrogens is 1980 g/mol. The zero-order valence-corrected chi connectivity index (χ0v) is 81.3. The molecule has 9 heterocycles. The van der Waals surface area contributed by atoms with E-state index in [0.29, 0.717) is 108 Å². The van der Waals surface area contributed by atoms with Crippen molar-refractivity contribution in [2.75, 3.05) is 170 Å². The highest BCUT2D eigenvalue weighted by molar-refractivity contribution is 6.31. The highest BCUT2D eigenvalue weighted by Gasteiger charge is 2.48. The molecule has 3 aromatic heterocycles. The first kappa shape index (κ1) is 106. The number of aromatic carboxylic acids is 1. The average Bonchev–Trinajstić information content (AvgIpc) is 1.62. The SMILES string of the molecule is N#CN=C(N1CCCCC1)N1CCN(C(=O)c2ccc(Nc3nc(NC4(c5ccc(Cl)cc5)CC4)nc(OCC(F)(F)F)n3)cc2)CC1.N#CN=C(N1CCCCC1)N1CCNCC1.NC(=O)N=C(N1CCCCC1)N1CCN(C(=O)c2ccc(Nc3nc(NC4(c5ccc(Cl)cc5)CC4)nc(OCC(F)(F)F)n3)cc2)CC1.O=C(O)c1ccc(Nc2nc(NC3(c4ccc(Cl)cc4)CC3)nc(OCC(F)(F)F)n2)cc1. The number of hydrogen-bond acceptors (Lipinski definition) is 27. The molecule has 38 nitrogen and oxygen atoms in total. The number of carboxylic acids is 1. The van der Waals surface area contributed by atoms with E-state index in [1.54, 1.807) is 94.7 Å². The normalized spacial score (nSPS) is 17.6. The predicted octanol–water partition coefficient (Wildman–Crippen LogP) is 15.6. The molecule has 3 aliphatic carbocycles. The van der Waals surface area contributed by atoms with Crippen molar-refractivity contribution in [2.24, 2.45) is 20.7 Å². The Kier molecular flexibility index (Phi) is 34.7. The van der Waals surface area contributed by atoms with Crippen LogP contribution in [0.5, 0.6) is 18.0 Å². The number of ether oxygens (including phenoxy) is 3. The van der Waals surface area contributed by atoms with Gasteiger partial charge in [0.25, 0.3) is 11.8 Å². The number of rotatable bonds is 24. The standard InChI is InChI=1S/C32H36ClF3N10O3.C32H34ClF3N10O2.C21H17ClF3N5O3.C11H19N5/c33-23-8-6-22(7-9-23)31(12-13-31)43-28-40-27(41-29(42-28)49-20-32(34,35)36)38-24-10-4-21(5-11-24)25(47)44-16-18-46(19-17-44)30(39-26(37)48)45-14-2-1-3-15-45;33-24-8-6-23(7-9-24)31(12-13-31)43-28-40-27(41-29(42-28)48-20-32(34,35)36)39-25-10-4-22(5-11-25)26(47)44-16-18-46(19-17-44)30(38-21-37)45-14-2-1-3-15-45;22-14-5-3-13(4-6-14)20(9-10-20)30-18-27-17(28-19(29-18)33-11-21(23,24)25)26-15-7-1-12(2-8-15)16(31)32;12-10-14-11(15-6-2-1-3-7-15)16-8-4-13-5-9-16/h4-11H,1-3,12-20H2,(H2,37,48)(H2,38,40,41,42,43);4-11H,1-3,12-20H2,(H2,39,40,41,42,43);1-8H,9-11H2,(H,31,32)(H2,26,27,28,29,30);13H,1-9H2. The smallest absolute Gasteiger partial charge is 0.422 e. The number of guanidine groups is 3. The van der Waals surface area contributed by atoms with Crippen molar-refractivity contribution < 1.29 is 78.0 Å². The number of nitriles is 2. The van der Waals surface area contributed by atoms with Crippen LogP contribution >= 0.6 is 34.8 Å². The van der Waals surface area contributed by atoms with E-state index in [-0.39, 0.29) is 53.1 Å². The number of hydrogen-bond donors (Lipinski definition) is 9. The molecule has 9 aromatic rings. The number of carboxylic acid groups (broad SMARTS) is 1. The van der Waals surface area contributed by atoms with Gasteiger partial charge in [-0.15, -0.1) is 9.98 Å². The number of likely N-dealkylation sites (tertiary alicyclic amines) is 3. The number of nitrogens with two attached hydrogens (primary N) is 1. The average molecular weight is 2090 g/mol. The van der Waals surface area contributed by atoms with Gasteiger partial charge in [0.05, 0.1) is 22.2 Å². The monoisotopic (exact) mass is 2080 g/mol. The summed E-state index contributed by atoms with van der Waals surface area (Å²) in [5.74, 6) is 0.721. The van der Waals surface area contributed by atoms with Gasteiger partial charge in [0.2, 0.25) is 66.0 Å². The van der Waals surface area contributed by atoms with Gasteiger partial charge in [0.15, 0.2) is 19.8 Å². The number of halogens is 12. The molecule has 10 N–H and O–H groups in total. The van der Waals surface area contributed by atoms with E-state index >= 15 is 0 Å². The maximum Gasteiger partial charge on any atom is 0.422 e. The molecular formula is C96H106Cl3F9N30O8. The quantitative estimate of drug-likeness (QED) is 0.0117. The van der Waals surface area contributed by atoms with Crippen LogP contribution in [0.3, 0.4) is 0 Å². The van der Waals surface area contributed by atoms with Gasteiger partial charge in [-0.2, -0.15) is 99.9 Å². The number of piperazine rings is 3. The van der Waals surface area contributed by atoms with Crippen LogP contribution in [0.4, 0.5) is 97.1 Å². The van der Waals surface area contributed by atoms with Gasteiger partial charge in [-0.25, -0.2) is 9.59 Å². The number of benzene rings is 6. The molecule has 772 valence electrons. The summed E-state index contributed by atoms with van der Waals surface area (Å²) >= 11 is 18.0. The molecule has 6 saturated heterocycles. The number of aromatic nitrogens is 9. The van der Waals surface area contributed by atoms with Gasteiger partial charge in [-0.05, 0) is 222 Å². The van der Waals surface area contributed by atoms with Crippen LogP contribution < -0.4 is 57.2 Å². The summed E-state index contributed by atoms with van der Waals surface area (Å²) in [7, 11) is 0. The van der Waals surface area contributed by atoms with E-state index < -0.39 is 85.0 Å². The van der Waals surface area contributed by atoms with Crippen molar-refractivity contribution in [1.29, 1.82) is 10.5 Å². The second-order valence-corrected chi connectivity index (χ2v) is 37.1. The third-order valence-electron chi connectivity index (χ3n) is 25.1. The molecule has 9 fully saturated rings. The first-order valence-electron chi connectivity index (χ1n) is 47.6. The number of nitrogens with zero attached hydrogens (tertiary/aromatic N) is 22. The number of carbonyl (C=O) groups is 4. The van der Waals surface area contributed by atoms with E-state index in [9.17, 15) is 64.0 Å². The van der Waals surface area contributed by atoms with Crippen molar-refractivity contribution in [1.82, 2.24) is 89.4 Å². The maximum absolute atomic E-state index is 13.4. The summed E-state index contributed by atoms with van der Waals surface area (Å²) < 4.78 is 130. The van der Waals surface area contributed by atoms with Crippen LogP contribution in [0, 0.1) is 22.9 Å². The summed E-state index contributed by atoms with van der Waals surface area (Å²) in [5.41, 5.74) is 9.18. The Hall–Kier alpha value is -14.6. The van der Waals surface area contributed by atoms with E-state index in [0.717, 1.165) is 159 Å². The third-order valence-corrected chi connectivity index (χ3v) is 25.9. The second-order valence-electron chi connectivity index (χ2n) is 35.8. The lowest BCUT2D eigenvalue weighted by Crippen LogP contribution is -2.55. The molecule has 6 aliphatic heterocycles. The number of primary amides is 1. The van der Waals surface area contributed by atoms with Gasteiger partial charge in [-0.1, -0.05) is 71.2 Å².